The average Bonchev–Trinajstić information content (AvgIpc) is 2.45. The normalized spacial score (nSPS) is 17.3. The van der Waals surface area contributed by atoms with Crippen LogP contribution >= 0.6 is 0 Å². The highest BCUT2D eigenvalue weighted by Crippen LogP contribution is 2.19. The molecule has 1 aromatic rings. The first-order chi connectivity index (χ1) is 8.86. The van der Waals surface area contributed by atoms with Crippen LogP contribution in [0.2, 0.25) is 0 Å². The fraction of sp³-hybridized carbons (Fsp3) is 0.500. The number of aliphatic hydroxyl groups is 1. The number of rotatable bonds is 6. The van der Waals surface area contributed by atoms with Gasteiger partial charge in [-0.1, -0.05) is 42.0 Å². The Morgan fingerprint density at radius 1 is 1.17 bits per heavy atom. The van der Waals surface area contributed by atoms with Gasteiger partial charge in [-0.15, -0.1) is 0 Å². The molecule has 1 aromatic carbocycles. The van der Waals surface area contributed by atoms with Crippen LogP contribution in [-0.2, 0) is 0 Å². The highest BCUT2D eigenvalue weighted by Gasteiger charge is 2.06. The van der Waals surface area contributed by atoms with Crippen molar-refractivity contribution in [2.24, 2.45) is 0 Å². The van der Waals surface area contributed by atoms with Gasteiger partial charge < -0.3 is 10.4 Å². The maximum Gasteiger partial charge on any atom is 0.0914 e. The Kier molecular flexibility index (Phi) is 5.43. The molecule has 0 saturated heterocycles. The van der Waals surface area contributed by atoms with E-state index in [-0.39, 0.29) is 0 Å². The molecule has 2 heteroatoms. The van der Waals surface area contributed by atoms with E-state index in [0.717, 1.165) is 18.5 Å². The van der Waals surface area contributed by atoms with E-state index in [1.165, 1.54) is 25.7 Å². The SMILES string of the molecule is O[C@@H](CNCCC1=CCCCC1)c1ccccc1. The first-order valence-corrected chi connectivity index (χ1v) is 6.98. The summed E-state index contributed by atoms with van der Waals surface area (Å²) in [6, 6.07) is 9.84. The highest BCUT2D eigenvalue weighted by atomic mass is 16.3. The van der Waals surface area contributed by atoms with Gasteiger partial charge in [0.05, 0.1) is 6.10 Å². The Bertz CT molecular complexity index is 372. The summed E-state index contributed by atoms with van der Waals surface area (Å²) in [7, 11) is 0. The Hall–Kier alpha value is -1.12. The molecule has 0 aliphatic heterocycles. The molecular formula is C16H23NO. The van der Waals surface area contributed by atoms with E-state index in [9.17, 15) is 5.11 Å². The maximum atomic E-state index is 9.98. The molecule has 2 N–H and O–H groups in total. The zero-order chi connectivity index (χ0) is 12.6. The Balaban J connectivity index is 1.65. The molecule has 0 radical (unpaired) electrons. The quantitative estimate of drug-likeness (QED) is 0.596. The molecule has 1 atom stereocenters. The summed E-state index contributed by atoms with van der Waals surface area (Å²) in [6.45, 7) is 1.60. The van der Waals surface area contributed by atoms with Crippen molar-refractivity contribution in [3.05, 3.63) is 47.5 Å². The zero-order valence-electron chi connectivity index (χ0n) is 10.9. The van der Waals surface area contributed by atoms with Gasteiger partial charge in [-0.25, -0.2) is 0 Å². The van der Waals surface area contributed by atoms with Crippen molar-refractivity contribution in [1.82, 2.24) is 5.32 Å². The van der Waals surface area contributed by atoms with E-state index in [0.29, 0.717) is 6.54 Å². The predicted molar refractivity (Wildman–Crippen MR) is 75.4 cm³/mol. The van der Waals surface area contributed by atoms with E-state index >= 15 is 0 Å². The maximum absolute atomic E-state index is 9.98. The number of benzene rings is 1. The summed E-state index contributed by atoms with van der Waals surface area (Å²) in [5, 5.41) is 13.3. The van der Waals surface area contributed by atoms with Crippen LogP contribution in [0.15, 0.2) is 42.0 Å². The topological polar surface area (TPSA) is 32.3 Å². The molecule has 0 bridgehead atoms. The van der Waals surface area contributed by atoms with Crippen LogP contribution in [0.4, 0.5) is 0 Å². The van der Waals surface area contributed by atoms with E-state index in [4.69, 9.17) is 0 Å². The highest BCUT2D eigenvalue weighted by molar-refractivity contribution is 5.17. The second-order valence-corrected chi connectivity index (χ2v) is 4.99. The van der Waals surface area contributed by atoms with Crippen LogP contribution in [0.25, 0.3) is 0 Å². The first kappa shape index (κ1) is 13.3. The fourth-order valence-electron chi connectivity index (χ4n) is 2.41. The number of aliphatic hydroxyl groups excluding tert-OH is 1. The molecule has 0 fully saturated rings. The lowest BCUT2D eigenvalue weighted by Gasteiger charge is -2.15. The van der Waals surface area contributed by atoms with Gasteiger partial charge >= 0.3 is 0 Å². The Morgan fingerprint density at radius 2 is 2.00 bits per heavy atom. The Morgan fingerprint density at radius 3 is 2.72 bits per heavy atom. The second-order valence-electron chi connectivity index (χ2n) is 4.99. The minimum absolute atomic E-state index is 0.397. The second kappa shape index (κ2) is 7.34. The molecule has 0 aromatic heterocycles. The zero-order valence-corrected chi connectivity index (χ0v) is 10.9. The van der Waals surface area contributed by atoms with Crippen molar-refractivity contribution in [3.63, 3.8) is 0 Å². The van der Waals surface area contributed by atoms with Gasteiger partial charge in [0.25, 0.3) is 0 Å². The molecule has 1 aliphatic carbocycles. The predicted octanol–water partition coefficient (Wildman–Crippen LogP) is 3.20. The number of allylic oxidation sites excluding steroid dienone is 1. The van der Waals surface area contributed by atoms with Gasteiger partial charge in [0.1, 0.15) is 0 Å². The van der Waals surface area contributed by atoms with Crippen LogP contribution in [0, 0.1) is 0 Å². The lowest BCUT2D eigenvalue weighted by Crippen LogP contribution is -2.23. The van der Waals surface area contributed by atoms with Crippen molar-refractivity contribution in [2.45, 2.75) is 38.2 Å². The third kappa shape index (κ3) is 4.28. The van der Waals surface area contributed by atoms with Crippen LogP contribution < -0.4 is 5.32 Å². The van der Waals surface area contributed by atoms with Crippen molar-refractivity contribution in [2.75, 3.05) is 13.1 Å². The van der Waals surface area contributed by atoms with Crippen molar-refractivity contribution < 1.29 is 5.11 Å². The monoisotopic (exact) mass is 245 g/mol. The molecule has 2 nitrogen and oxygen atoms in total. The molecular weight excluding hydrogens is 222 g/mol. The van der Waals surface area contributed by atoms with Crippen LogP contribution in [0.5, 0.6) is 0 Å². The minimum Gasteiger partial charge on any atom is -0.387 e. The summed E-state index contributed by atoms with van der Waals surface area (Å²) in [5.74, 6) is 0. The van der Waals surface area contributed by atoms with Gasteiger partial charge in [-0.2, -0.15) is 0 Å². The fourth-order valence-corrected chi connectivity index (χ4v) is 2.41. The number of hydrogen-bond donors (Lipinski definition) is 2. The summed E-state index contributed by atoms with van der Waals surface area (Å²) in [5.41, 5.74) is 2.57. The van der Waals surface area contributed by atoms with Gasteiger partial charge in [-0.3, -0.25) is 0 Å². The lowest BCUT2D eigenvalue weighted by atomic mass is 9.97. The molecule has 0 spiro atoms. The van der Waals surface area contributed by atoms with Crippen LogP contribution in [-0.4, -0.2) is 18.2 Å². The van der Waals surface area contributed by atoms with Crippen molar-refractivity contribution in [3.8, 4) is 0 Å². The van der Waals surface area contributed by atoms with Gasteiger partial charge in [0.2, 0.25) is 0 Å². The molecule has 0 heterocycles. The first-order valence-electron chi connectivity index (χ1n) is 6.98. The molecule has 18 heavy (non-hydrogen) atoms. The molecule has 0 amide bonds. The Labute approximate surface area is 110 Å². The van der Waals surface area contributed by atoms with Crippen molar-refractivity contribution >= 4 is 0 Å². The largest absolute Gasteiger partial charge is 0.387 e. The summed E-state index contributed by atoms with van der Waals surface area (Å²) >= 11 is 0. The summed E-state index contributed by atoms with van der Waals surface area (Å²) in [4.78, 5) is 0. The molecule has 0 unspecified atom stereocenters. The van der Waals surface area contributed by atoms with Gasteiger partial charge in [0.15, 0.2) is 0 Å². The standard InChI is InChI=1S/C16H23NO/c18-16(15-9-5-2-6-10-15)13-17-12-11-14-7-3-1-4-8-14/h2,5-7,9-10,16-18H,1,3-4,8,11-13H2/t16-/m0/s1. The smallest absolute Gasteiger partial charge is 0.0914 e. The third-order valence-electron chi connectivity index (χ3n) is 3.53. The van der Waals surface area contributed by atoms with Gasteiger partial charge in [-0.05, 0) is 44.2 Å². The average molecular weight is 245 g/mol. The molecule has 2 rings (SSSR count). The van der Waals surface area contributed by atoms with E-state index in [1.807, 2.05) is 30.3 Å². The van der Waals surface area contributed by atoms with E-state index in [1.54, 1.807) is 5.57 Å². The molecule has 1 aliphatic rings. The molecule has 98 valence electrons. The van der Waals surface area contributed by atoms with E-state index < -0.39 is 6.10 Å². The summed E-state index contributed by atoms with van der Waals surface area (Å²) < 4.78 is 0. The number of nitrogens with one attached hydrogen (secondary N) is 1. The van der Waals surface area contributed by atoms with Gasteiger partial charge in [0, 0.05) is 6.54 Å². The number of hydrogen-bond acceptors (Lipinski definition) is 2. The van der Waals surface area contributed by atoms with Crippen LogP contribution in [0.3, 0.4) is 0 Å². The van der Waals surface area contributed by atoms with Crippen molar-refractivity contribution in [1.29, 1.82) is 0 Å². The third-order valence-corrected chi connectivity index (χ3v) is 3.53. The van der Waals surface area contributed by atoms with E-state index in [2.05, 4.69) is 11.4 Å². The van der Waals surface area contributed by atoms with Crippen LogP contribution in [0.1, 0.15) is 43.8 Å². The molecule has 0 saturated carbocycles. The minimum atomic E-state index is -0.397. The summed E-state index contributed by atoms with van der Waals surface area (Å²) in [6.07, 6.45) is 8.33. The lowest BCUT2D eigenvalue weighted by molar-refractivity contribution is 0.175.